The second-order valence-electron chi connectivity index (χ2n) is 32.5. The Kier molecular flexibility index (Phi) is 48.8. The third kappa shape index (κ3) is 29.0. The fraction of sp³-hybridized carbons (Fsp3) is 0.323. The number of benzene rings is 10. The predicted octanol–water partition coefficient (Wildman–Crippen LogP) is 21.7. The topological polar surface area (TPSA) is 48.6 Å². The van der Waals surface area contributed by atoms with E-state index in [1.54, 1.807) is 0 Å². The molecule has 15 nitrogen and oxygen atoms in total. The predicted molar refractivity (Wildman–Crippen MR) is 534 cm³/mol. The Balaban J connectivity index is 0.000000241. The molecule has 0 saturated carbocycles. The van der Waals surface area contributed by atoms with Crippen molar-refractivity contribution in [1.29, 1.82) is 0 Å². The molecule has 126 heavy (non-hydrogen) atoms. The van der Waals surface area contributed by atoms with Crippen LogP contribution >= 0.6 is 0 Å². The Bertz CT molecular complexity index is 4240. The van der Waals surface area contributed by atoms with E-state index in [0.717, 1.165) is 61.0 Å². The van der Waals surface area contributed by atoms with Crippen LogP contribution in [-0.4, -0.2) is 126 Å². The number of rotatable bonds is 25. The molecule has 5 aliphatic heterocycles. The Hall–Kier alpha value is -6.10. The summed E-state index contributed by atoms with van der Waals surface area (Å²) >= 11 is 0. The van der Waals surface area contributed by atoms with Gasteiger partial charge >= 0.3 is 6.98 Å². The SMILES string of the molecule is CB1N(c2[c-]cccc2)[CH-]N(c2ccccc2)B(C)N1C(C)C.CCCCCCN1B(C)N(c2[c-]cccc2)[CH-]N(c2ccccc2)B1C.CCCCCN1B(C)N(c2[c-]cccc2)[CH-]N(c2ccccc2)B1C.CCCCN1B(C)N(c2[c-]cccc2)[CH-]N(c2ccccc2)B1C.CCCN1B(C)N(c2[c-]cccc2)[CH-]N(c2ccccc2)B1C.[Ir].[Ir].[Ir].[Ir].[Ir]. The van der Waals surface area contributed by atoms with Crippen LogP contribution in [0.25, 0.3) is 0 Å². The molecule has 0 spiro atoms. The van der Waals surface area contributed by atoms with E-state index in [0.29, 0.717) is 68.9 Å². The van der Waals surface area contributed by atoms with Crippen molar-refractivity contribution < 1.29 is 101 Å². The third-order valence-corrected chi connectivity index (χ3v) is 24.2. The zero-order chi connectivity index (χ0) is 85.6. The smallest absolute Gasteiger partial charge is 0.300 e. The summed E-state index contributed by atoms with van der Waals surface area (Å²) < 4.78 is 12.8. The second-order valence-corrected chi connectivity index (χ2v) is 32.5. The van der Waals surface area contributed by atoms with Gasteiger partial charge in [0.05, 0.1) is 0 Å². The molecule has 5 radical (unpaired) electrons. The number of unbranched alkanes of at least 4 members (excludes halogenated alkanes) is 6. The van der Waals surface area contributed by atoms with Crippen LogP contribution in [0.3, 0.4) is 0 Å². The minimum absolute atomic E-state index is 0. The van der Waals surface area contributed by atoms with Crippen LogP contribution in [0.5, 0.6) is 0 Å². The molecule has 0 aliphatic carbocycles. The largest absolute Gasteiger partial charge is 0.557 e. The molecule has 10 aromatic carbocycles. The summed E-state index contributed by atoms with van der Waals surface area (Å²) in [6.45, 7) is 55.1. The number of nitrogens with zero attached hydrogens (tertiary/aromatic N) is 15. The molecular weight excluding hydrogens is 2430 g/mol. The molecule has 0 atom stereocenters. The molecule has 0 N–H and O–H groups in total. The maximum Gasteiger partial charge on any atom is 0.300 e. The van der Waals surface area contributed by atoms with Gasteiger partial charge in [-0.3, -0.25) is 0 Å². The first-order valence-corrected chi connectivity index (χ1v) is 45.0. The molecule has 671 valence electrons. The van der Waals surface area contributed by atoms with Crippen molar-refractivity contribution in [2.45, 2.75) is 180 Å². The first-order chi connectivity index (χ1) is 59.0. The van der Waals surface area contributed by atoms with Gasteiger partial charge in [-0.15, -0.1) is 28.4 Å². The van der Waals surface area contributed by atoms with Crippen LogP contribution in [0.2, 0.25) is 68.2 Å². The van der Waals surface area contributed by atoms with E-state index in [1.807, 2.05) is 60.7 Å². The second kappa shape index (κ2) is 56.6. The van der Waals surface area contributed by atoms with Gasteiger partial charge in [-0.05, 0) is 147 Å². The average Bonchev–Trinajstić information content (AvgIpc) is 0.932. The van der Waals surface area contributed by atoms with Crippen LogP contribution in [0.15, 0.2) is 273 Å². The molecule has 0 aromatic heterocycles. The van der Waals surface area contributed by atoms with Crippen molar-refractivity contribution in [3.63, 3.8) is 0 Å². The number of anilines is 10. The molecule has 0 unspecified atom stereocenters. The van der Waals surface area contributed by atoms with Gasteiger partial charge in [-0.1, -0.05) is 239 Å². The van der Waals surface area contributed by atoms with Crippen molar-refractivity contribution in [2.24, 2.45) is 0 Å². The minimum atomic E-state index is 0. The monoisotopic (exact) mass is 2560 g/mol. The average molecular weight is 2560 g/mol. The summed E-state index contributed by atoms with van der Waals surface area (Å²) in [6.07, 6.45) is 12.5. The number of para-hydroxylation sites is 10. The third-order valence-electron chi connectivity index (χ3n) is 24.2. The van der Waals surface area contributed by atoms with Gasteiger partial charge in [0.1, 0.15) is 0 Å². The van der Waals surface area contributed by atoms with E-state index in [1.165, 1.54) is 86.2 Å². The molecular formula is C96H127B10Ir5N15-10. The van der Waals surface area contributed by atoms with E-state index in [2.05, 4.69) is 457 Å². The van der Waals surface area contributed by atoms with E-state index in [-0.39, 0.29) is 108 Å². The first-order valence-electron chi connectivity index (χ1n) is 45.0. The zero-order valence-corrected chi connectivity index (χ0v) is 89.0. The van der Waals surface area contributed by atoms with Gasteiger partial charge in [-0.2, -0.15) is 185 Å². The fourth-order valence-corrected chi connectivity index (χ4v) is 17.4. The van der Waals surface area contributed by atoms with Crippen LogP contribution in [-0.2, 0) is 101 Å². The minimum Gasteiger partial charge on any atom is -0.557 e. The maximum absolute atomic E-state index is 3.39. The van der Waals surface area contributed by atoms with Gasteiger partial charge in [-0.25, -0.2) is 0 Å². The molecule has 15 rings (SSSR count). The summed E-state index contributed by atoms with van der Waals surface area (Å²) in [5.74, 6) is 0. The normalized spacial score (nSPS) is 15.3. The van der Waals surface area contributed by atoms with E-state index in [4.69, 9.17) is 0 Å². The van der Waals surface area contributed by atoms with Crippen LogP contribution in [0.4, 0.5) is 56.9 Å². The number of hydrogen-bond donors (Lipinski definition) is 0. The molecule has 0 bridgehead atoms. The van der Waals surface area contributed by atoms with Crippen LogP contribution in [0, 0.1) is 63.7 Å². The molecule has 5 aliphatic rings. The Morgan fingerprint density at radius 2 is 0.421 bits per heavy atom. The molecule has 30 heteroatoms. The fourth-order valence-electron chi connectivity index (χ4n) is 17.4. The Morgan fingerprint density at radius 1 is 0.222 bits per heavy atom. The Morgan fingerprint density at radius 3 is 0.651 bits per heavy atom. The zero-order valence-electron chi connectivity index (χ0n) is 77.0. The number of hydrogen-bond acceptors (Lipinski definition) is 15. The van der Waals surface area contributed by atoms with Gasteiger partial charge in [0.15, 0.2) is 0 Å². The van der Waals surface area contributed by atoms with Crippen LogP contribution < -0.4 is 48.1 Å². The van der Waals surface area contributed by atoms with Crippen molar-refractivity contribution in [3.05, 3.63) is 337 Å². The molecule has 5 heterocycles. The van der Waals surface area contributed by atoms with Crippen molar-refractivity contribution in [2.75, 3.05) is 74.3 Å². The Labute approximate surface area is 834 Å². The van der Waals surface area contributed by atoms with Crippen LogP contribution in [0.1, 0.15) is 106 Å². The summed E-state index contributed by atoms with van der Waals surface area (Å²) in [5.41, 5.74) is 11.6. The summed E-state index contributed by atoms with van der Waals surface area (Å²) in [7, 11) is 0. The molecule has 0 amide bonds. The molecule has 5 fully saturated rings. The quantitative estimate of drug-likeness (QED) is 0.0310. The van der Waals surface area contributed by atoms with E-state index < -0.39 is 0 Å². The van der Waals surface area contributed by atoms with Crippen molar-refractivity contribution >= 4 is 127 Å². The van der Waals surface area contributed by atoms with E-state index in [9.17, 15) is 0 Å². The molecule has 5 saturated heterocycles. The standard InChI is InChI=1S/C21H29B2N3.C20H27B2N3.C19H25B2N3.2C18H23B2N3.5Ir/c1-4-5-6-13-18-26-22(2)24(20-14-9-7-10-15-20)19-25(23(26)3)21-16-11-8-12-17-21;1-4-5-12-17-25-21(2)23(19-13-8-6-9-14-19)18-24(22(25)3)20-15-10-7-11-16-20;1-4-5-16-24-20(2)22(18-12-8-6-9-13-18)17-23(21(24)3)19-14-10-7-11-15-19;1-16(2)23-19(3)21(17-11-7-5-8-12-17)15-22(20(23)4)18-13-9-6-10-14-18;1-4-15-23-19(2)21(17-11-7-5-8-12-17)16-22(20(23)3)18-13-9-6-10-14-18;;;;;/h7-12,14-16,19H,4-6,13,18H2,1-3H3;6-11,13-15,18H,4-5,12,17H2,1-3H3;6-14,17H,4-5,16H2,1-3H3;5-13,15-16H,1-4H3;5-13,16H,4,15H2,1-3H3;;;;;/q5*-2;;;;;. The van der Waals surface area contributed by atoms with Gasteiger partial charge in [0.2, 0.25) is 0 Å². The van der Waals surface area contributed by atoms with Gasteiger partial charge in [0.25, 0.3) is 62.8 Å². The summed E-state index contributed by atoms with van der Waals surface area (Å²) in [5, 5.41) is 0. The molecule has 10 aromatic rings. The van der Waals surface area contributed by atoms with Gasteiger partial charge < -0.3 is 71.7 Å². The van der Waals surface area contributed by atoms with E-state index >= 15 is 0 Å². The van der Waals surface area contributed by atoms with Crippen molar-refractivity contribution in [1.82, 2.24) is 23.6 Å². The first kappa shape index (κ1) is 109. The summed E-state index contributed by atoms with van der Waals surface area (Å²) in [6, 6.07) is 111. The van der Waals surface area contributed by atoms with Gasteiger partial charge in [0, 0.05) is 101 Å². The summed E-state index contributed by atoms with van der Waals surface area (Å²) in [4.78, 5) is 23.4. The maximum atomic E-state index is 3.39. The van der Waals surface area contributed by atoms with Crippen molar-refractivity contribution in [3.8, 4) is 0 Å².